The predicted octanol–water partition coefficient (Wildman–Crippen LogP) is 8.60. The van der Waals surface area contributed by atoms with Crippen LogP contribution in [-0.2, 0) is 24.9 Å². The molecule has 1 heterocycles. The molecule has 9 nitrogen and oxygen atoms in total. The number of para-hydroxylation sites is 1. The molecule has 0 aliphatic heterocycles. The lowest BCUT2D eigenvalue weighted by Crippen LogP contribution is -2.38. The summed E-state index contributed by atoms with van der Waals surface area (Å²) < 4.78 is 30.3. The van der Waals surface area contributed by atoms with Crippen LogP contribution in [0.15, 0.2) is 60.9 Å². The van der Waals surface area contributed by atoms with E-state index in [1.54, 1.807) is 50.6 Å². The van der Waals surface area contributed by atoms with Crippen LogP contribution >= 0.6 is 0 Å². The number of carbonyl (C=O) groups is 2. The first-order chi connectivity index (χ1) is 23.4. The van der Waals surface area contributed by atoms with Gasteiger partial charge in [0.25, 0.3) is 5.91 Å². The number of imide groups is 1. The first kappa shape index (κ1) is 38.2. The van der Waals surface area contributed by atoms with E-state index in [1.807, 2.05) is 36.1 Å². The highest BCUT2D eigenvalue weighted by Gasteiger charge is 2.28. The standard InChI is InChI=1S/C39H55N2O7/c1-6-7-8-9-10-11-12-13-14-15-16-19-25-47-37-35(45-4)26-32(27-36(37)46-5)30-48-39(43)41(29-31-21-20-24-40(2)28-31)38(42)33-22-17-18-23-34(33)44-3/h17-18,20-24,26-28H,6-16,19,25,29-30H2,1-5H3/q+1. The van der Waals surface area contributed by atoms with Crippen LogP contribution in [0.2, 0.25) is 0 Å². The Kier molecular flexibility index (Phi) is 17.2. The van der Waals surface area contributed by atoms with E-state index in [0.717, 1.165) is 23.3 Å². The summed E-state index contributed by atoms with van der Waals surface area (Å²) in [5.74, 6) is 1.33. The van der Waals surface area contributed by atoms with E-state index in [1.165, 1.54) is 71.3 Å². The quantitative estimate of drug-likeness (QED) is 0.0786. The normalized spacial score (nSPS) is 10.8. The molecule has 3 rings (SSSR count). The topological polar surface area (TPSA) is 87.4 Å². The summed E-state index contributed by atoms with van der Waals surface area (Å²) >= 11 is 0. The van der Waals surface area contributed by atoms with Gasteiger partial charge in [0.15, 0.2) is 23.9 Å². The van der Waals surface area contributed by atoms with E-state index in [4.69, 9.17) is 23.7 Å². The summed E-state index contributed by atoms with van der Waals surface area (Å²) in [6.07, 6.45) is 18.2. The lowest BCUT2D eigenvalue weighted by atomic mass is 10.1. The molecule has 3 aromatic rings. The number of hydrogen-bond donors (Lipinski definition) is 0. The summed E-state index contributed by atoms with van der Waals surface area (Å²) in [6.45, 7) is 2.72. The monoisotopic (exact) mass is 663 g/mol. The van der Waals surface area contributed by atoms with Crippen LogP contribution in [0.1, 0.15) is 105 Å². The van der Waals surface area contributed by atoms with Crippen LogP contribution in [0.5, 0.6) is 23.0 Å². The van der Waals surface area contributed by atoms with Crippen LogP contribution in [0.4, 0.5) is 4.79 Å². The van der Waals surface area contributed by atoms with Gasteiger partial charge in [0, 0.05) is 11.6 Å². The number of carbonyl (C=O) groups excluding carboxylic acids is 2. The van der Waals surface area contributed by atoms with Crippen LogP contribution in [-0.4, -0.2) is 44.8 Å². The highest BCUT2D eigenvalue weighted by atomic mass is 16.6. The molecule has 0 aliphatic rings. The van der Waals surface area contributed by atoms with Crippen molar-refractivity contribution < 1.29 is 37.8 Å². The zero-order chi connectivity index (χ0) is 34.6. The Balaban J connectivity index is 1.57. The summed E-state index contributed by atoms with van der Waals surface area (Å²) in [5, 5.41) is 0. The molecule has 262 valence electrons. The molecule has 48 heavy (non-hydrogen) atoms. The van der Waals surface area contributed by atoms with Gasteiger partial charge in [0.2, 0.25) is 5.75 Å². The number of pyridine rings is 1. The lowest BCUT2D eigenvalue weighted by Gasteiger charge is -2.21. The van der Waals surface area contributed by atoms with Gasteiger partial charge in [0.1, 0.15) is 19.4 Å². The molecule has 2 aromatic carbocycles. The van der Waals surface area contributed by atoms with Gasteiger partial charge in [-0.3, -0.25) is 4.79 Å². The first-order valence-electron chi connectivity index (χ1n) is 17.3. The highest BCUT2D eigenvalue weighted by molar-refractivity contribution is 6.04. The van der Waals surface area contributed by atoms with Crippen LogP contribution in [0.25, 0.3) is 0 Å². The minimum absolute atomic E-state index is 0.0168. The predicted molar refractivity (Wildman–Crippen MR) is 187 cm³/mol. The zero-order valence-corrected chi connectivity index (χ0v) is 29.6. The second-order valence-electron chi connectivity index (χ2n) is 12.1. The summed E-state index contributed by atoms with van der Waals surface area (Å²) in [6, 6.07) is 14.0. The molecule has 9 heteroatoms. The van der Waals surface area contributed by atoms with Crippen molar-refractivity contribution in [3.05, 3.63) is 77.6 Å². The molecular formula is C39H55N2O7+. The maximum absolute atomic E-state index is 13.7. The Morgan fingerprint density at radius 3 is 1.88 bits per heavy atom. The third-order valence-corrected chi connectivity index (χ3v) is 8.27. The molecule has 0 bridgehead atoms. The molecular weight excluding hydrogens is 608 g/mol. The van der Waals surface area contributed by atoms with E-state index in [9.17, 15) is 9.59 Å². The fourth-order valence-corrected chi connectivity index (χ4v) is 5.61. The number of aromatic nitrogens is 1. The number of methoxy groups -OCH3 is 3. The van der Waals surface area contributed by atoms with Gasteiger partial charge >= 0.3 is 6.09 Å². The fraction of sp³-hybridized carbons (Fsp3) is 0.513. The Hall–Kier alpha value is -4.27. The third-order valence-electron chi connectivity index (χ3n) is 8.27. The molecule has 0 atom stereocenters. The molecule has 1 aromatic heterocycles. The van der Waals surface area contributed by atoms with E-state index >= 15 is 0 Å². The molecule has 0 fully saturated rings. The Bertz CT molecular complexity index is 1390. The van der Waals surface area contributed by atoms with Gasteiger partial charge in [-0.05, 0) is 42.3 Å². The van der Waals surface area contributed by atoms with Gasteiger partial charge in [-0.15, -0.1) is 0 Å². The molecule has 0 saturated heterocycles. The smallest absolute Gasteiger partial charge is 0.417 e. The number of nitrogens with zero attached hydrogens (tertiary/aromatic N) is 2. The molecule has 2 amide bonds. The Morgan fingerprint density at radius 1 is 0.708 bits per heavy atom. The fourth-order valence-electron chi connectivity index (χ4n) is 5.61. The zero-order valence-electron chi connectivity index (χ0n) is 29.6. The average Bonchev–Trinajstić information content (AvgIpc) is 3.11. The first-order valence-corrected chi connectivity index (χ1v) is 17.3. The molecule has 0 aliphatic carbocycles. The largest absolute Gasteiger partial charge is 0.496 e. The number of hydrogen-bond acceptors (Lipinski definition) is 7. The molecule has 0 unspecified atom stereocenters. The average molecular weight is 664 g/mol. The Morgan fingerprint density at radius 2 is 1.29 bits per heavy atom. The SMILES string of the molecule is CCCCCCCCCCCCCCOc1c(OC)cc(COC(=O)N(Cc2ccc[n+](C)c2)C(=O)c2ccccc2OC)cc1OC. The summed E-state index contributed by atoms with van der Waals surface area (Å²) in [5.41, 5.74) is 1.65. The van der Waals surface area contributed by atoms with Crippen molar-refractivity contribution in [1.29, 1.82) is 0 Å². The summed E-state index contributed by atoms with van der Waals surface area (Å²) in [7, 11) is 6.49. The second-order valence-corrected chi connectivity index (χ2v) is 12.1. The van der Waals surface area contributed by atoms with Crippen LogP contribution in [0, 0.1) is 0 Å². The van der Waals surface area contributed by atoms with Crippen molar-refractivity contribution in [2.24, 2.45) is 7.05 Å². The van der Waals surface area contributed by atoms with Crippen molar-refractivity contribution in [2.75, 3.05) is 27.9 Å². The molecule has 0 radical (unpaired) electrons. The van der Waals surface area contributed by atoms with Crippen molar-refractivity contribution in [2.45, 2.75) is 97.1 Å². The molecule has 0 saturated carbocycles. The van der Waals surface area contributed by atoms with Gasteiger partial charge in [-0.2, -0.15) is 0 Å². The second kappa shape index (κ2) is 21.6. The van der Waals surface area contributed by atoms with Crippen molar-refractivity contribution in [3.63, 3.8) is 0 Å². The highest BCUT2D eigenvalue weighted by Crippen LogP contribution is 2.39. The van der Waals surface area contributed by atoms with Gasteiger partial charge in [0.05, 0.1) is 40.0 Å². The van der Waals surface area contributed by atoms with E-state index in [0.29, 0.717) is 35.2 Å². The lowest BCUT2D eigenvalue weighted by molar-refractivity contribution is -0.672. The minimum Gasteiger partial charge on any atom is -0.496 e. The van der Waals surface area contributed by atoms with Gasteiger partial charge < -0.3 is 23.7 Å². The molecule has 0 spiro atoms. The van der Waals surface area contributed by atoms with Crippen LogP contribution in [0.3, 0.4) is 0 Å². The summed E-state index contributed by atoms with van der Waals surface area (Å²) in [4.78, 5) is 28.2. The van der Waals surface area contributed by atoms with E-state index in [-0.39, 0.29) is 18.7 Å². The number of rotatable bonds is 22. The number of amides is 2. The van der Waals surface area contributed by atoms with Crippen LogP contribution < -0.4 is 23.5 Å². The minimum atomic E-state index is -0.789. The van der Waals surface area contributed by atoms with E-state index in [2.05, 4.69) is 6.92 Å². The Labute approximate surface area is 287 Å². The third kappa shape index (κ3) is 12.4. The van der Waals surface area contributed by atoms with Gasteiger partial charge in [-0.1, -0.05) is 89.7 Å². The number of ether oxygens (including phenoxy) is 5. The van der Waals surface area contributed by atoms with E-state index < -0.39 is 12.0 Å². The van der Waals surface area contributed by atoms with Crippen molar-refractivity contribution >= 4 is 12.0 Å². The van der Waals surface area contributed by atoms with Gasteiger partial charge in [-0.25, -0.2) is 14.3 Å². The number of benzene rings is 2. The number of aryl methyl sites for hydroxylation is 1. The van der Waals surface area contributed by atoms with Crippen molar-refractivity contribution in [3.8, 4) is 23.0 Å². The molecule has 0 N–H and O–H groups in total. The maximum Gasteiger partial charge on any atom is 0.417 e. The number of unbranched alkanes of at least 4 members (excludes halogenated alkanes) is 11. The maximum atomic E-state index is 13.7. The van der Waals surface area contributed by atoms with Crippen molar-refractivity contribution in [1.82, 2.24) is 4.90 Å².